The summed E-state index contributed by atoms with van der Waals surface area (Å²) in [6.45, 7) is 13.7. The summed E-state index contributed by atoms with van der Waals surface area (Å²) < 4.78 is 0. The maximum Gasteiger partial charge on any atom is 0.0717 e. The molecule has 108 valence electrons. The molecular formula is C17H29NO. The predicted molar refractivity (Wildman–Crippen MR) is 83.7 cm³/mol. The number of benzene rings is 1. The minimum Gasteiger partial charge on any atom is -0.391 e. The van der Waals surface area contributed by atoms with E-state index in [1.54, 1.807) is 0 Å². The normalized spacial score (nSPS) is 14.3. The molecule has 1 rings (SSSR count). The molecule has 1 atom stereocenters. The van der Waals surface area contributed by atoms with Crippen molar-refractivity contribution < 1.29 is 5.11 Å². The second-order valence-electron chi connectivity index (χ2n) is 7.60. The number of anilines is 1. The van der Waals surface area contributed by atoms with Crippen molar-refractivity contribution in [3.8, 4) is 0 Å². The number of hydrogen-bond acceptors (Lipinski definition) is 2. The predicted octanol–water partition coefficient (Wildman–Crippen LogP) is 4.19. The van der Waals surface area contributed by atoms with Gasteiger partial charge in [0.1, 0.15) is 0 Å². The molecule has 0 amide bonds. The Morgan fingerprint density at radius 1 is 1.05 bits per heavy atom. The van der Waals surface area contributed by atoms with Crippen LogP contribution in [0.3, 0.4) is 0 Å². The van der Waals surface area contributed by atoms with Crippen LogP contribution in [-0.4, -0.2) is 17.8 Å². The second kappa shape index (κ2) is 5.96. The fraction of sp³-hybridized carbons (Fsp3) is 0.647. The Balaban J connectivity index is 2.68. The molecule has 0 aliphatic rings. The molecule has 0 aliphatic carbocycles. The van der Waals surface area contributed by atoms with E-state index in [1.165, 1.54) is 5.56 Å². The van der Waals surface area contributed by atoms with Crippen molar-refractivity contribution in [3.05, 3.63) is 29.8 Å². The molecule has 0 radical (unpaired) electrons. The van der Waals surface area contributed by atoms with Gasteiger partial charge in [0.2, 0.25) is 0 Å². The lowest BCUT2D eigenvalue weighted by atomic mass is 9.85. The Kier molecular flexibility index (Phi) is 5.03. The highest BCUT2D eigenvalue weighted by atomic mass is 16.3. The first kappa shape index (κ1) is 16.0. The van der Waals surface area contributed by atoms with Crippen LogP contribution in [0.25, 0.3) is 0 Å². The highest BCUT2D eigenvalue weighted by molar-refractivity contribution is 5.54. The Bertz CT molecular complexity index is 398. The third-order valence-corrected chi connectivity index (χ3v) is 3.11. The van der Waals surface area contributed by atoms with Crippen LogP contribution in [-0.2, 0) is 5.41 Å². The van der Waals surface area contributed by atoms with Crippen molar-refractivity contribution in [2.45, 2.75) is 59.5 Å². The van der Waals surface area contributed by atoms with E-state index in [0.717, 1.165) is 12.1 Å². The van der Waals surface area contributed by atoms with Gasteiger partial charge < -0.3 is 10.4 Å². The molecule has 1 aromatic rings. The number of nitrogens with one attached hydrogen (secondary N) is 1. The molecule has 0 spiro atoms. The monoisotopic (exact) mass is 263 g/mol. The van der Waals surface area contributed by atoms with Crippen molar-refractivity contribution in [1.82, 2.24) is 0 Å². The smallest absolute Gasteiger partial charge is 0.0717 e. The van der Waals surface area contributed by atoms with Crippen LogP contribution in [0.15, 0.2) is 24.3 Å². The molecule has 0 saturated heterocycles. The summed E-state index contributed by atoms with van der Waals surface area (Å²) in [5.41, 5.74) is 2.68. The largest absolute Gasteiger partial charge is 0.391 e. The summed E-state index contributed by atoms with van der Waals surface area (Å²) in [6, 6.07) is 8.34. The van der Waals surface area contributed by atoms with Crippen molar-refractivity contribution in [1.29, 1.82) is 0 Å². The van der Waals surface area contributed by atoms with Crippen LogP contribution in [0.4, 0.5) is 5.69 Å². The van der Waals surface area contributed by atoms with Crippen LogP contribution >= 0.6 is 0 Å². The van der Waals surface area contributed by atoms with Gasteiger partial charge in [0.15, 0.2) is 0 Å². The van der Waals surface area contributed by atoms with Crippen molar-refractivity contribution in [2.24, 2.45) is 5.41 Å². The van der Waals surface area contributed by atoms with E-state index in [-0.39, 0.29) is 16.9 Å². The van der Waals surface area contributed by atoms with Gasteiger partial charge in [0.25, 0.3) is 0 Å². The van der Waals surface area contributed by atoms with E-state index < -0.39 is 0 Å². The van der Waals surface area contributed by atoms with E-state index >= 15 is 0 Å². The van der Waals surface area contributed by atoms with Gasteiger partial charge in [0, 0.05) is 12.2 Å². The van der Waals surface area contributed by atoms with Crippen molar-refractivity contribution >= 4 is 5.69 Å². The highest BCUT2D eigenvalue weighted by Crippen LogP contribution is 2.29. The lowest BCUT2D eigenvalue weighted by Gasteiger charge is -2.26. The molecule has 0 heterocycles. The molecular weight excluding hydrogens is 234 g/mol. The zero-order valence-corrected chi connectivity index (χ0v) is 13.2. The number of rotatable bonds is 4. The first-order valence-corrected chi connectivity index (χ1v) is 7.11. The minimum absolute atomic E-state index is 0.110. The molecule has 2 nitrogen and oxygen atoms in total. The summed E-state index contributed by atoms with van der Waals surface area (Å²) in [5.74, 6) is 0. The average Bonchev–Trinajstić information content (AvgIpc) is 2.23. The molecule has 0 aromatic heterocycles. The maximum absolute atomic E-state index is 10.1. The van der Waals surface area contributed by atoms with Gasteiger partial charge in [-0.1, -0.05) is 59.7 Å². The Morgan fingerprint density at radius 2 is 1.63 bits per heavy atom. The number of para-hydroxylation sites is 1. The van der Waals surface area contributed by atoms with Gasteiger partial charge in [0.05, 0.1) is 6.10 Å². The molecule has 19 heavy (non-hydrogen) atoms. The van der Waals surface area contributed by atoms with Gasteiger partial charge >= 0.3 is 0 Å². The van der Waals surface area contributed by atoms with E-state index in [2.05, 4.69) is 65.1 Å². The standard InChI is InChI=1S/C17H29NO/c1-16(2,3)11-13(19)12-18-15-10-8-7-9-14(15)17(4,5)6/h7-10,13,18-19H,11-12H2,1-6H3. The molecule has 0 bridgehead atoms. The van der Waals surface area contributed by atoms with E-state index in [9.17, 15) is 5.11 Å². The maximum atomic E-state index is 10.1. The van der Waals surface area contributed by atoms with Crippen molar-refractivity contribution in [2.75, 3.05) is 11.9 Å². The summed E-state index contributed by atoms with van der Waals surface area (Å²) in [6.07, 6.45) is 0.491. The molecule has 0 saturated carbocycles. The van der Waals surface area contributed by atoms with Crippen LogP contribution < -0.4 is 5.32 Å². The van der Waals surface area contributed by atoms with Gasteiger partial charge in [-0.2, -0.15) is 0 Å². The van der Waals surface area contributed by atoms with Gasteiger partial charge in [-0.15, -0.1) is 0 Å². The Morgan fingerprint density at radius 3 is 2.16 bits per heavy atom. The summed E-state index contributed by atoms with van der Waals surface area (Å²) >= 11 is 0. The first-order valence-electron chi connectivity index (χ1n) is 7.11. The van der Waals surface area contributed by atoms with Crippen LogP contribution in [0.1, 0.15) is 53.5 Å². The summed E-state index contributed by atoms with van der Waals surface area (Å²) in [5, 5.41) is 13.5. The minimum atomic E-state index is -0.312. The molecule has 2 heteroatoms. The summed E-state index contributed by atoms with van der Waals surface area (Å²) in [4.78, 5) is 0. The van der Waals surface area contributed by atoms with Crippen molar-refractivity contribution in [3.63, 3.8) is 0 Å². The lowest BCUT2D eigenvalue weighted by Crippen LogP contribution is -2.26. The topological polar surface area (TPSA) is 32.3 Å². The Hall–Kier alpha value is -1.02. The number of hydrogen-bond donors (Lipinski definition) is 2. The highest BCUT2D eigenvalue weighted by Gasteiger charge is 2.19. The van der Waals surface area contributed by atoms with E-state index in [4.69, 9.17) is 0 Å². The SMILES string of the molecule is CC(C)(C)CC(O)CNc1ccccc1C(C)(C)C. The van der Waals surface area contributed by atoms with Gasteiger partial charge in [-0.3, -0.25) is 0 Å². The molecule has 2 N–H and O–H groups in total. The fourth-order valence-corrected chi connectivity index (χ4v) is 2.30. The quantitative estimate of drug-likeness (QED) is 0.853. The number of aliphatic hydroxyl groups is 1. The third-order valence-electron chi connectivity index (χ3n) is 3.11. The third kappa shape index (κ3) is 5.65. The first-order chi connectivity index (χ1) is 8.59. The van der Waals surface area contributed by atoms with Gasteiger partial charge in [-0.25, -0.2) is 0 Å². The zero-order chi connectivity index (χ0) is 14.7. The van der Waals surface area contributed by atoms with Crippen LogP contribution in [0.5, 0.6) is 0 Å². The van der Waals surface area contributed by atoms with Crippen LogP contribution in [0, 0.1) is 5.41 Å². The second-order valence-corrected chi connectivity index (χ2v) is 7.60. The number of aliphatic hydroxyl groups excluding tert-OH is 1. The van der Waals surface area contributed by atoms with Gasteiger partial charge in [-0.05, 0) is 28.9 Å². The molecule has 0 fully saturated rings. The molecule has 1 aromatic carbocycles. The summed E-state index contributed by atoms with van der Waals surface area (Å²) in [7, 11) is 0. The fourth-order valence-electron chi connectivity index (χ4n) is 2.30. The lowest BCUT2D eigenvalue weighted by molar-refractivity contribution is 0.132. The Labute approximate surface area is 118 Å². The molecule has 1 unspecified atom stereocenters. The van der Waals surface area contributed by atoms with Crippen LogP contribution in [0.2, 0.25) is 0 Å². The molecule has 0 aliphatic heterocycles. The average molecular weight is 263 g/mol. The zero-order valence-electron chi connectivity index (χ0n) is 13.2. The van der Waals surface area contributed by atoms with E-state index in [1.807, 2.05) is 6.07 Å². The van der Waals surface area contributed by atoms with E-state index in [0.29, 0.717) is 6.54 Å².